The Morgan fingerprint density at radius 1 is 1.12 bits per heavy atom. The van der Waals surface area contributed by atoms with Gasteiger partial charge in [-0.25, -0.2) is 4.79 Å². The number of nitrogens with one attached hydrogen (secondary N) is 2. The van der Waals surface area contributed by atoms with Gasteiger partial charge in [-0.05, 0) is 18.3 Å². The van der Waals surface area contributed by atoms with Crippen molar-refractivity contribution in [2.75, 3.05) is 32.8 Å². The Balaban J connectivity index is 2.69. The van der Waals surface area contributed by atoms with Crippen LogP contribution in [0.5, 0.6) is 0 Å². The van der Waals surface area contributed by atoms with Crippen molar-refractivity contribution in [3.05, 3.63) is 0 Å². The number of carbonyl (C=O) groups excluding carboxylic acids is 2. The van der Waals surface area contributed by atoms with Gasteiger partial charge in [-0.15, -0.1) is 0 Å². The van der Waals surface area contributed by atoms with E-state index >= 15 is 0 Å². The van der Waals surface area contributed by atoms with E-state index in [0.717, 1.165) is 0 Å². The molecule has 2 amide bonds. The highest BCUT2D eigenvalue weighted by atomic mass is 16.5. The third-order valence-corrected chi connectivity index (χ3v) is 4.04. The van der Waals surface area contributed by atoms with E-state index < -0.39 is 24.0 Å². The van der Waals surface area contributed by atoms with Crippen molar-refractivity contribution in [1.29, 1.82) is 0 Å². The average Bonchev–Trinajstić information content (AvgIpc) is 2.50. The molecule has 0 aromatic carbocycles. The molecule has 1 fully saturated rings. The summed E-state index contributed by atoms with van der Waals surface area (Å²) < 4.78 is 5.28. The second-order valence-electron chi connectivity index (χ2n) is 7.66. The minimum atomic E-state index is -1.06. The zero-order valence-electron chi connectivity index (χ0n) is 15.6. The van der Waals surface area contributed by atoms with Crippen LogP contribution in [0, 0.1) is 5.41 Å². The number of carboxylic acid groups (broad SMARTS) is 1. The summed E-state index contributed by atoms with van der Waals surface area (Å²) in [5.41, 5.74) is -0.0245. The Bertz CT molecular complexity index is 469. The summed E-state index contributed by atoms with van der Waals surface area (Å²) in [4.78, 5) is 37.5. The minimum Gasteiger partial charge on any atom is -0.480 e. The first kappa shape index (κ1) is 21.4. The van der Waals surface area contributed by atoms with Crippen LogP contribution in [0.3, 0.4) is 0 Å². The molecule has 0 spiro atoms. The number of morpholine rings is 1. The summed E-state index contributed by atoms with van der Waals surface area (Å²) in [5, 5.41) is 14.6. The van der Waals surface area contributed by atoms with Gasteiger partial charge in [0.05, 0.1) is 13.2 Å². The number of carbonyl (C=O) groups is 3. The smallest absolute Gasteiger partial charge is 0.326 e. The highest BCUT2D eigenvalue weighted by Gasteiger charge is 2.28. The number of nitrogens with zero attached hydrogens (tertiary/aromatic N) is 1. The molecule has 144 valence electrons. The summed E-state index contributed by atoms with van der Waals surface area (Å²) in [6.45, 7) is 10.3. The number of hydrogen-bond acceptors (Lipinski definition) is 5. The van der Waals surface area contributed by atoms with Gasteiger partial charge in [0.2, 0.25) is 11.8 Å². The summed E-state index contributed by atoms with van der Waals surface area (Å²) in [7, 11) is 0. The quantitative estimate of drug-likeness (QED) is 0.573. The molecule has 1 rings (SSSR count). The Morgan fingerprint density at radius 2 is 1.72 bits per heavy atom. The Hall–Kier alpha value is -1.67. The molecule has 1 aliphatic heterocycles. The van der Waals surface area contributed by atoms with Crippen LogP contribution in [0.2, 0.25) is 0 Å². The predicted molar refractivity (Wildman–Crippen MR) is 93.1 cm³/mol. The first-order valence-electron chi connectivity index (χ1n) is 8.69. The molecule has 8 heteroatoms. The van der Waals surface area contributed by atoms with E-state index in [2.05, 4.69) is 10.6 Å². The maximum atomic E-state index is 12.5. The molecule has 0 bridgehead atoms. The zero-order valence-corrected chi connectivity index (χ0v) is 15.6. The van der Waals surface area contributed by atoms with Gasteiger partial charge in [0, 0.05) is 26.6 Å². The number of hydrogen-bond donors (Lipinski definition) is 3. The lowest BCUT2D eigenvalue weighted by Gasteiger charge is -2.30. The lowest BCUT2D eigenvalue weighted by atomic mass is 9.88. The largest absolute Gasteiger partial charge is 0.480 e. The lowest BCUT2D eigenvalue weighted by molar-refractivity contribution is -0.142. The van der Waals surface area contributed by atoms with Crippen LogP contribution in [-0.4, -0.2) is 72.7 Å². The summed E-state index contributed by atoms with van der Waals surface area (Å²) in [6.07, 6.45) is 1.01. The van der Waals surface area contributed by atoms with Gasteiger partial charge in [-0.1, -0.05) is 20.8 Å². The van der Waals surface area contributed by atoms with E-state index in [1.165, 1.54) is 6.92 Å². The van der Waals surface area contributed by atoms with E-state index in [0.29, 0.717) is 45.7 Å². The second-order valence-corrected chi connectivity index (χ2v) is 7.66. The van der Waals surface area contributed by atoms with Gasteiger partial charge < -0.3 is 20.5 Å². The predicted octanol–water partition coefficient (Wildman–Crippen LogP) is 0.219. The maximum Gasteiger partial charge on any atom is 0.326 e. The molecule has 1 heterocycles. The molecule has 0 saturated carbocycles. The standard InChI is InChI=1S/C17H31N3O5/c1-12(21)18-14(11-20-7-9-25-10-8-20)15(22)19-13(16(23)24)5-6-17(2,3)4/h13-14H,5-11H2,1-4H3,(H,18,21)(H,19,22)(H,23,24)/t13-,14-/m0/s1. The van der Waals surface area contributed by atoms with Crippen LogP contribution in [0.25, 0.3) is 0 Å². The Labute approximate surface area is 149 Å². The van der Waals surface area contributed by atoms with Crippen molar-refractivity contribution < 1.29 is 24.2 Å². The van der Waals surface area contributed by atoms with Gasteiger partial charge in [0.15, 0.2) is 0 Å². The van der Waals surface area contributed by atoms with Crippen molar-refractivity contribution >= 4 is 17.8 Å². The molecule has 8 nitrogen and oxygen atoms in total. The molecule has 3 N–H and O–H groups in total. The summed E-state index contributed by atoms with van der Waals surface area (Å²) >= 11 is 0. The van der Waals surface area contributed by atoms with Gasteiger partial charge in [-0.2, -0.15) is 0 Å². The van der Waals surface area contributed by atoms with Crippen molar-refractivity contribution in [3.63, 3.8) is 0 Å². The Kier molecular flexibility index (Phi) is 8.31. The van der Waals surface area contributed by atoms with Crippen LogP contribution < -0.4 is 10.6 Å². The van der Waals surface area contributed by atoms with E-state index in [4.69, 9.17) is 4.74 Å². The van der Waals surface area contributed by atoms with Gasteiger partial charge in [0.25, 0.3) is 0 Å². The van der Waals surface area contributed by atoms with Crippen molar-refractivity contribution in [1.82, 2.24) is 15.5 Å². The van der Waals surface area contributed by atoms with Crippen LogP contribution in [0.4, 0.5) is 0 Å². The fourth-order valence-corrected chi connectivity index (χ4v) is 2.59. The number of rotatable bonds is 8. The molecule has 0 aliphatic carbocycles. The van der Waals surface area contributed by atoms with Crippen LogP contribution in [0.15, 0.2) is 0 Å². The number of amides is 2. The molecular weight excluding hydrogens is 326 g/mol. The Morgan fingerprint density at radius 3 is 2.20 bits per heavy atom. The second kappa shape index (κ2) is 9.72. The van der Waals surface area contributed by atoms with Gasteiger partial charge in [-0.3, -0.25) is 14.5 Å². The van der Waals surface area contributed by atoms with Gasteiger partial charge >= 0.3 is 5.97 Å². The van der Waals surface area contributed by atoms with E-state index in [1.54, 1.807) is 0 Å². The van der Waals surface area contributed by atoms with E-state index in [9.17, 15) is 19.5 Å². The topological polar surface area (TPSA) is 108 Å². The SMILES string of the molecule is CC(=O)N[C@@H](CN1CCOCC1)C(=O)N[C@@H](CCC(C)(C)C)C(=O)O. The summed E-state index contributed by atoms with van der Waals surface area (Å²) in [6, 6.07) is -1.75. The minimum absolute atomic E-state index is 0.0245. The molecule has 25 heavy (non-hydrogen) atoms. The van der Waals surface area contributed by atoms with Crippen molar-refractivity contribution in [2.24, 2.45) is 5.41 Å². The molecule has 0 aromatic rings. The van der Waals surface area contributed by atoms with Crippen LogP contribution in [-0.2, 0) is 19.1 Å². The highest BCUT2D eigenvalue weighted by molar-refractivity contribution is 5.90. The maximum absolute atomic E-state index is 12.5. The number of aliphatic carboxylic acids is 1. The van der Waals surface area contributed by atoms with Crippen LogP contribution in [0.1, 0.15) is 40.5 Å². The van der Waals surface area contributed by atoms with Crippen molar-refractivity contribution in [2.45, 2.75) is 52.6 Å². The van der Waals surface area contributed by atoms with Crippen LogP contribution >= 0.6 is 0 Å². The zero-order chi connectivity index (χ0) is 19.0. The van der Waals surface area contributed by atoms with E-state index in [-0.39, 0.29) is 11.3 Å². The summed E-state index contributed by atoms with van der Waals surface area (Å²) in [5.74, 6) is -1.86. The highest BCUT2D eigenvalue weighted by Crippen LogP contribution is 2.21. The molecule has 0 unspecified atom stereocenters. The number of ether oxygens (including phenoxy) is 1. The van der Waals surface area contributed by atoms with Crippen molar-refractivity contribution in [3.8, 4) is 0 Å². The number of carboxylic acids is 1. The third kappa shape index (κ3) is 8.83. The molecule has 0 aromatic heterocycles. The molecule has 1 aliphatic rings. The molecule has 1 saturated heterocycles. The molecule has 0 radical (unpaired) electrons. The lowest BCUT2D eigenvalue weighted by Crippen LogP contribution is -2.56. The molecule has 2 atom stereocenters. The third-order valence-electron chi connectivity index (χ3n) is 4.04. The monoisotopic (exact) mass is 357 g/mol. The average molecular weight is 357 g/mol. The fraction of sp³-hybridized carbons (Fsp3) is 0.824. The fourth-order valence-electron chi connectivity index (χ4n) is 2.59. The molecular formula is C17H31N3O5. The van der Waals surface area contributed by atoms with E-state index in [1.807, 2.05) is 25.7 Å². The first-order valence-corrected chi connectivity index (χ1v) is 8.69. The first-order chi connectivity index (χ1) is 11.6. The normalized spacial score (nSPS) is 18.2. The van der Waals surface area contributed by atoms with Gasteiger partial charge in [0.1, 0.15) is 12.1 Å².